The van der Waals surface area contributed by atoms with E-state index in [1.165, 1.54) is 0 Å². The lowest BCUT2D eigenvalue weighted by atomic mass is 10.3. The van der Waals surface area contributed by atoms with Crippen molar-refractivity contribution in [2.75, 3.05) is 19.7 Å². The van der Waals surface area contributed by atoms with E-state index in [4.69, 9.17) is 27.4 Å². The van der Waals surface area contributed by atoms with E-state index in [0.717, 1.165) is 0 Å². The van der Waals surface area contributed by atoms with Crippen LogP contribution in [0.3, 0.4) is 0 Å². The number of carboxylic acid groups (broad SMARTS) is 1. The van der Waals surface area contributed by atoms with Crippen LogP contribution in [0.2, 0.25) is 0 Å². The number of carbonyl (C=O) groups excluding carboxylic acids is 2. The number of aliphatic carboxylic acids is 1. The Labute approximate surface area is 91.1 Å². The number of nitrogens with two attached hydrogens (primary N) is 3. The summed E-state index contributed by atoms with van der Waals surface area (Å²) >= 11 is 0. The van der Waals surface area contributed by atoms with Gasteiger partial charge in [0.2, 0.25) is 0 Å². The van der Waals surface area contributed by atoms with Crippen LogP contribution in [0.5, 0.6) is 0 Å². The molecule has 0 aliphatic rings. The fraction of sp³-hybridized carbons (Fsp3) is 0.571. The number of aliphatic hydroxyl groups is 1. The number of carboxylic acids is 1. The lowest BCUT2D eigenvalue weighted by Gasteiger charge is -1.96. The van der Waals surface area contributed by atoms with E-state index < -0.39 is 30.6 Å². The van der Waals surface area contributed by atoms with Crippen molar-refractivity contribution in [2.24, 2.45) is 17.2 Å². The fourth-order valence-electron chi connectivity index (χ4n) is 0.288. The molecule has 0 unspecified atom stereocenters. The molecule has 9 nitrogen and oxygen atoms in total. The minimum Gasteiger partial charge on any atom is -0.480 e. The number of hydrogen-bond donors (Lipinski definition) is 5. The van der Waals surface area contributed by atoms with Gasteiger partial charge in [-0.05, 0) is 0 Å². The first-order chi connectivity index (χ1) is 7.38. The van der Waals surface area contributed by atoms with Crippen molar-refractivity contribution >= 4 is 17.9 Å². The molecule has 0 aliphatic carbocycles. The molecule has 16 heavy (non-hydrogen) atoms. The summed E-state index contributed by atoms with van der Waals surface area (Å²) in [5.74, 6) is -2.70. The van der Waals surface area contributed by atoms with Crippen LogP contribution in [0.25, 0.3) is 0 Å². The summed E-state index contributed by atoms with van der Waals surface area (Å²) < 4.78 is 4.02. The summed E-state index contributed by atoms with van der Waals surface area (Å²) in [7, 11) is 0. The van der Waals surface area contributed by atoms with Crippen molar-refractivity contribution < 1.29 is 29.3 Å². The maximum absolute atomic E-state index is 10.2. The van der Waals surface area contributed by atoms with Crippen LogP contribution in [-0.2, 0) is 19.1 Å². The molecule has 0 aliphatic heterocycles. The second kappa shape index (κ2) is 9.98. The van der Waals surface area contributed by atoms with Crippen LogP contribution in [0.15, 0.2) is 0 Å². The Balaban J connectivity index is 0. The van der Waals surface area contributed by atoms with Crippen LogP contribution >= 0.6 is 0 Å². The molecule has 0 saturated heterocycles. The minimum atomic E-state index is -1.18. The Bertz CT molecular complexity index is 230. The second-order valence-electron chi connectivity index (χ2n) is 2.38. The van der Waals surface area contributed by atoms with E-state index in [9.17, 15) is 14.4 Å². The first kappa shape index (κ1) is 16.9. The fourth-order valence-corrected chi connectivity index (χ4v) is 0.288. The van der Waals surface area contributed by atoms with Crippen molar-refractivity contribution in [3.05, 3.63) is 0 Å². The molecular weight excluding hydrogens is 222 g/mol. The summed E-state index contributed by atoms with van der Waals surface area (Å²) in [6, 6.07) is -1.13. The molecule has 8 N–H and O–H groups in total. The second-order valence-corrected chi connectivity index (χ2v) is 2.38. The Morgan fingerprint density at radius 3 is 1.62 bits per heavy atom. The molecule has 0 heterocycles. The third-order valence-corrected chi connectivity index (χ3v) is 1.07. The van der Waals surface area contributed by atoms with Gasteiger partial charge in [0.05, 0.1) is 19.7 Å². The molecule has 0 aromatic carbocycles. The van der Waals surface area contributed by atoms with Crippen LogP contribution in [-0.4, -0.2) is 53.9 Å². The van der Waals surface area contributed by atoms with Crippen LogP contribution in [0.1, 0.15) is 0 Å². The van der Waals surface area contributed by atoms with E-state index >= 15 is 0 Å². The van der Waals surface area contributed by atoms with Crippen molar-refractivity contribution in [3.8, 4) is 0 Å². The monoisotopic (exact) mass is 237 g/mol. The van der Waals surface area contributed by atoms with E-state index in [2.05, 4.69) is 4.74 Å². The van der Waals surface area contributed by atoms with Gasteiger partial charge in [-0.3, -0.25) is 14.4 Å². The highest BCUT2D eigenvalue weighted by molar-refractivity contribution is 5.87. The number of aliphatic hydroxyl groups excluding tert-OH is 1. The van der Waals surface area contributed by atoms with Gasteiger partial charge in [0, 0.05) is 0 Å². The number of ether oxygens (including phenoxy) is 1. The lowest BCUT2D eigenvalue weighted by molar-refractivity contribution is -0.157. The highest BCUT2D eigenvalue weighted by Gasteiger charge is 2.07. The van der Waals surface area contributed by atoms with Gasteiger partial charge in [0.1, 0.15) is 6.04 Å². The van der Waals surface area contributed by atoms with Gasteiger partial charge in [-0.25, -0.2) is 0 Å². The molecule has 0 amide bonds. The average molecular weight is 237 g/mol. The topological polar surface area (TPSA) is 179 Å². The highest BCUT2D eigenvalue weighted by Crippen LogP contribution is 1.74. The van der Waals surface area contributed by atoms with Crippen molar-refractivity contribution in [3.63, 3.8) is 0 Å². The Morgan fingerprint density at radius 1 is 1.12 bits per heavy atom. The first-order valence-electron chi connectivity index (χ1n) is 4.11. The predicted octanol–water partition coefficient (Wildman–Crippen LogP) is -3.64. The molecule has 0 fully saturated rings. The zero-order chi connectivity index (χ0) is 13.1. The van der Waals surface area contributed by atoms with Gasteiger partial charge in [-0.15, -0.1) is 0 Å². The Hall–Kier alpha value is -1.55. The van der Waals surface area contributed by atoms with Gasteiger partial charge in [0.15, 0.2) is 0 Å². The molecule has 0 aromatic heterocycles. The average Bonchev–Trinajstić information content (AvgIpc) is 2.28. The van der Waals surface area contributed by atoms with Crippen molar-refractivity contribution in [2.45, 2.75) is 6.04 Å². The number of rotatable bonds is 4. The van der Waals surface area contributed by atoms with Crippen molar-refractivity contribution in [1.82, 2.24) is 0 Å². The van der Waals surface area contributed by atoms with E-state index in [1.807, 2.05) is 0 Å². The van der Waals surface area contributed by atoms with Gasteiger partial charge >= 0.3 is 17.9 Å². The molecule has 0 bridgehead atoms. The van der Waals surface area contributed by atoms with E-state index in [1.54, 1.807) is 0 Å². The van der Waals surface area contributed by atoms with Gasteiger partial charge in [0.25, 0.3) is 0 Å². The third kappa shape index (κ3) is 10.5. The van der Waals surface area contributed by atoms with Gasteiger partial charge in [-0.1, -0.05) is 0 Å². The third-order valence-electron chi connectivity index (χ3n) is 1.07. The molecule has 0 saturated carbocycles. The summed E-state index contributed by atoms with van der Waals surface area (Å²) in [6.45, 7) is -1.10. The number of carbonyl (C=O) groups is 3. The summed E-state index contributed by atoms with van der Waals surface area (Å²) in [5.41, 5.74) is 14.4. The lowest BCUT2D eigenvalue weighted by Crippen LogP contribution is -2.33. The van der Waals surface area contributed by atoms with E-state index in [0.29, 0.717) is 0 Å². The predicted molar refractivity (Wildman–Crippen MR) is 51.9 cm³/mol. The van der Waals surface area contributed by atoms with Crippen LogP contribution < -0.4 is 17.2 Å². The number of hydrogen-bond acceptors (Lipinski definition) is 8. The van der Waals surface area contributed by atoms with Gasteiger partial charge in [-0.2, -0.15) is 0 Å². The summed E-state index contributed by atoms with van der Waals surface area (Å²) in [4.78, 5) is 30.0. The SMILES string of the molecule is NCC(=O)OC(=O)CN.N[C@@H](CO)C(=O)O. The molecule has 0 spiro atoms. The smallest absolute Gasteiger partial charge is 0.327 e. The first-order valence-corrected chi connectivity index (χ1v) is 4.11. The zero-order valence-electron chi connectivity index (χ0n) is 8.46. The molecule has 0 aromatic rings. The standard InChI is InChI=1S/C4H8N2O3.C3H7NO3/c5-1-3(7)9-4(8)2-6;4-2(1-5)3(6)7/h1-2,5-6H2;2,5H,1,4H2,(H,6,7)/t;2-/m.0/s1. The summed E-state index contributed by atoms with van der Waals surface area (Å²) in [5, 5.41) is 15.9. The number of esters is 2. The molecule has 9 heteroatoms. The normalized spacial score (nSPS) is 10.8. The molecule has 0 radical (unpaired) electrons. The zero-order valence-corrected chi connectivity index (χ0v) is 8.46. The Kier molecular flexibility index (Phi) is 10.5. The quantitative estimate of drug-likeness (QED) is 0.243. The van der Waals surface area contributed by atoms with Crippen LogP contribution in [0.4, 0.5) is 0 Å². The van der Waals surface area contributed by atoms with E-state index in [-0.39, 0.29) is 13.1 Å². The molecule has 94 valence electrons. The van der Waals surface area contributed by atoms with Crippen LogP contribution in [0, 0.1) is 0 Å². The molecule has 1 atom stereocenters. The molecular formula is C7H15N3O6. The maximum Gasteiger partial charge on any atom is 0.327 e. The molecule has 0 rings (SSSR count). The summed E-state index contributed by atoms with van der Waals surface area (Å²) in [6.07, 6.45) is 0. The largest absolute Gasteiger partial charge is 0.480 e. The maximum atomic E-state index is 10.2. The minimum absolute atomic E-state index is 0.300. The van der Waals surface area contributed by atoms with Gasteiger partial charge < -0.3 is 32.2 Å². The Morgan fingerprint density at radius 2 is 1.50 bits per heavy atom. The van der Waals surface area contributed by atoms with Crippen molar-refractivity contribution in [1.29, 1.82) is 0 Å². The highest BCUT2D eigenvalue weighted by atomic mass is 16.6.